The van der Waals surface area contributed by atoms with Crippen molar-refractivity contribution in [2.24, 2.45) is 0 Å². The van der Waals surface area contributed by atoms with Crippen molar-refractivity contribution in [2.75, 3.05) is 32.8 Å². The van der Waals surface area contributed by atoms with Gasteiger partial charge >= 0.3 is 0 Å². The number of carbonyl (C=O) groups excluding carboxylic acids is 1. The molecule has 0 radical (unpaired) electrons. The van der Waals surface area contributed by atoms with E-state index in [1.807, 2.05) is 41.4 Å². The third kappa shape index (κ3) is 3.80. The monoisotopic (exact) mass is 353 g/mol. The van der Waals surface area contributed by atoms with Crippen LogP contribution in [0.3, 0.4) is 0 Å². The second kappa shape index (κ2) is 7.74. The minimum Gasteiger partial charge on any atom is -0.485 e. The molecule has 1 saturated heterocycles. The fourth-order valence-corrected chi connectivity index (χ4v) is 3.44. The molecular formula is C20H23N3O3. The Morgan fingerprint density at radius 2 is 1.96 bits per heavy atom. The lowest BCUT2D eigenvalue weighted by molar-refractivity contribution is -0.141. The summed E-state index contributed by atoms with van der Waals surface area (Å²) in [4.78, 5) is 21.3. The number of pyridine rings is 1. The van der Waals surface area contributed by atoms with Gasteiger partial charge in [0.1, 0.15) is 6.61 Å². The molecule has 2 aliphatic rings. The Kier molecular flexibility index (Phi) is 5.02. The number of rotatable bonds is 3. The van der Waals surface area contributed by atoms with Crippen molar-refractivity contribution in [1.29, 1.82) is 0 Å². The van der Waals surface area contributed by atoms with Crippen LogP contribution in [0.4, 0.5) is 0 Å². The summed E-state index contributed by atoms with van der Waals surface area (Å²) in [5, 5.41) is 0. The molecule has 1 fully saturated rings. The van der Waals surface area contributed by atoms with Gasteiger partial charge in [-0.25, -0.2) is 0 Å². The van der Waals surface area contributed by atoms with Crippen LogP contribution in [-0.2, 0) is 11.3 Å². The maximum atomic E-state index is 12.9. The molecule has 0 aliphatic carbocycles. The molecule has 26 heavy (non-hydrogen) atoms. The van der Waals surface area contributed by atoms with Crippen LogP contribution in [0, 0.1) is 0 Å². The maximum absolute atomic E-state index is 12.9. The van der Waals surface area contributed by atoms with Crippen molar-refractivity contribution in [3.63, 3.8) is 0 Å². The minimum atomic E-state index is -0.560. The highest BCUT2D eigenvalue weighted by Gasteiger charge is 2.31. The molecule has 0 saturated carbocycles. The fourth-order valence-electron chi connectivity index (χ4n) is 3.44. The van der Waals surface area contributed by atoms with Gasteiger partial charge in [0.05, 0.1) is 0 Å². The Labute approximate surface area is 153 Å². The van der Waals surface area contributed by atoms with E-state index in [0.717, 1.165) is 32.6 Å². The number of fused-ring (bicyclic) bond motifs is 1. The summed E-state index contributed by atoms with van der Waals surface area (Å²) >= 11 is 0. The largest absolute Gasteiger partial charge is 0.485 e. The summed E-state index contributed by atoms with van der Waals surface area (Å²) in [5.41, 5.74) is 1.20. The van der Waals surface area contributed by atoms with E-state index < -0.39 is 6.10 Å². The van der Waals surface area contributed by atoms with Crippen molar-refractivity contribution >= 4 is 5.91 Å². The first-order valence-corrected chi connectivity index (χ1v) is 9.08. The number of para-hydroxylation sites is 2. The van der Waals surface area contributed by atoms with Crippen LogP contribution in [0.1, 0.15) is 12.0 Å². The van der Waals surface area contributed by atoms with Crippen LogP contribution in [0.15, 0.2) is 48.8 Å². The number of amides is 1. The van der Waals surface area contributed by atoms with Crippen LogP contribution in [0.5, 0.6) is 11.5 Å². The van der Waals surface area contributed by atoms with Gasteiger partial charge in [0, 0.05) is 45.1 Å². The number of carbonyl (C=O) groups is 1. The summed E-state index contributed by atoms with van der Waals surface area (Å²) in [7, 11) is 0. The third-order valence-electron chi connectivity index (χ3n) is 4.81. The van der Waals surface area contributed by atoms with Crippen molar-refractivity contribution in [2.45, 2.75) is 19.1 Å². The summed E-state index contributed by atoms with van der Waals surface area (Å²) in [6.45, 7) is 4.43. The Balaban J connectivity index is 1.35. The molecular weight excluding hydrogens is 330 g/mol. The molecule has 6 nitrogen and oxygen atoms in total. The van der Waals surface area contributed by atoms with Gasteiger partial charge in [0.2, 0.25) is 6.10 Å². The van der Waals surface area contributed by atoms with Gasteiger partial charge in [-0.2, -0.15) is 0 Å². The van der Waals surface area contributed by atoms with Crippen LogP contribution in [0.25, 0.3) is 0 Å². The first-order valence-electron chi connectivity index (χ1n) is 9.08. The van der Waals surface area contributed by atoms with E-state index in [4.69, 9.17) is 9.47 Å². The lowest BCUT2D eigenvalue weighted by atomic mass is 10.2. The molecule has 2 aromatic rings. The first-order chi connectivity index (χ1) is 12.8. The number of hydrogen-bond acceptors (Lipinski definition) is 5. The Hall–Kier alpha value is -2.60. The van der Waals surface area contributed by atoms with E-state index >= 15 is 0 Å². The Morgan fingerprint density at radius 3 is 2.81 bits per heavy atom. The molecule has 1 atom stereocenters. The highest BCUT2D eigenvalue weighted by atomic mass is 16.6. The lowest BCUT2D eigenvalue weighted by Crippen LogP contribution is -2.47. The van der Waals surface area contributed by atoms with Crippen molar-refractivity contribution < 1.29 is 14.3 Å². The highest BCUT2D eigenvalue weighted by molar-refractivity contribution is 5.82. The number of ether oxygens (including phenoxy) is 2. The van der Waals surface area contributed by atoms with Crippen LogP contribution >= 0.6 is 0 Å². The maximum Gasteiger partial charge on any atom is 0.267 e. The molecule has 1 aromatic heterocycles. The molecule has 3 heterocycles. The van der Waals surface area contributed by atoms with E-state index in [1.165, 1.54) is 5.56 Å². The molecule has 2 aliphatic heterocycles. The number of aromatic nitrogens is 1. The summed E-state index contributed by atoms with van der Waals surface area (Å²) in [6.07, 6.45) is 4.08. The molecule has 0 spiro atoms. The van der Waals surface area contributed by atoms with Gasteiger partial charge in [0.25, 0.3) is 5.91 Å². The average Bonchev–Trinajstić information content (AvgIpc) is 2.93. The topological polar surface area (TPSA) is 54.9 Å². The van der Waals surface area contributed by atoms with Crippen LogP contribution < -0.4 is 9.47 Å². The van der Waals surface area contributed by atoms with Gasteiger partial charge in [-0.1, -0.05) is 18.2 Å². The molecule has 0 N–H and O–H groups in total. The summed E-state index contributed by atoms with van der Waals surface area (Å²) < 4.78 is 11.6. The number of benzene rings is 1. The second-order valence-electron chi connectivity index (χ2n) is 6.68. The highest BCUT2D eigenvalue weighted by Crippen LogP contribution is 2.31. The van der Waals surface area contributed by atoms with E-state index in [2.05, 4.69) is 16.0 Å². The van der Waals surface area contributed by atoms with Crippen molar-refractivity contribution in [1.82, 2.24) is 14.8 Å². The van der Waals surface area contributed by atoms with Gasteiger partial charge < -0.3 is 14.4 Å². The van der Waals surface area contributed by atoms with Crippen molar-refractivity contribution in [3.8, 4) is 11.5 Å². The first kappa shape index (κ1) is 16.8. The predicted octanol–water partition coefficient (Wildman–Crippen LogP) is 1.96. The molecule has 1 unspecified atom stereocenters. The average molecular weight is 353 g/mol. The van der Waals surface area contributed by atoms with Crippen LogP contribution in [0.2, 0.25) is 0 Å². The van der Waals surface area contributed by atoms with E-state index in [0.29, 0.717) is 18.0 Å². The molecule has 0 bridgehead atoms. The second-order valence-corrected chi connectivity index (χ2v) is 6.68. The Morgan fingerprint density at radius 1 is 1.08 bits per heavy atom. The summed E-state index contributed by atoms with van der Waals surface area (Å²) in [5.74, 6) is 1.36. The zero-order valence-corrected chi connectivity index (χ0v) is 14.7. The van der Waals surface area contributed by atoms with Crippen molar-refractivity contribution in [3.05, 3.63) is 54.4 Å². The standard InChI is InChI=1S/C20H23N3O3/c24-20(19-15-25-17-6-1-2-7-18(17)26-19)23-10-4-9-22(11-12-23)14-16-5-3-8-21-13-16/h1-3,5-8,13,19H,4,9-12,14-15H2. The number of nitrogens with zero attached hydrogens (tertiary/aromatic N) is 3. The predicted molar refractivity (Wildman–Crippen MR) is 97.1 cm³/mol. The quantitative estimate of drug-likeness (QED) is 0.844. The SMILES string of the molecule is O=C(C1COc2ccccc2O1)N1CCCN(Cc2cccnc2)CC1. The molecule has 1 amide bonds. The van der Waals surface area contributed by atoms with Gasteiger partial charge in [-0.15, -0.1) is 0 Å². The smallest absolute Gasteiger partial charge is 0.267 e. The Bertz CT molecular complexity index is 753. The van der Waals surface area contributed by atoms with Gasteiger partial charge in [0.15, 0.2) is 11.5 Å². The van der Waals surface area contributed by atoms with Gasteiger partial charge in [-0.05, 0) is 30.2 Å². The minimum absolute atomic E-state index is 0.0164. The van der Waals surface area contributed by atoms with Gasteiger partial charge in [-0.3, -0.25) is 14.7 Å². The molecule has 6 heteroatoms. The summed E-state index contributed by atoms with van der Waals surface area (Å²) in [6, 6.07) is 11.5. The molecule has 1 aromatic carbocycles. The van der Waals surface area contributed by atoms with E-state index in [-0.39, 0.29) is 12.5 Å². The molecule has 136 valence electrons. The van der Waals surface area contributed by atoms with E-state index in [1.54, 1.807) is 6.20 Å². The lowest BCUT2D eigenvalue weighted by Gasteiger charge is -2.30. The normalized spacial score (nSPS) is 20.5. The number of hydrogen-bond donors (Lipinski definition) is 0. The van der Waals surface area contributed by atoms with E-state index in [9.17, 15) is 4.79 Å². The molecule has 4 rings (SSSR count). The zero-order valence-electron chi connectivity index (χ0n) is 14.7. The third-order valence-corrected chi connectivity index (χ3v) is 4.81. The fraction of sp³-hybridized carbons (Fsp3) is 0.400. The zero-order chi connectivity index (χ0) is 17.8. The van der Waals surface area contributed by atoms with Crippen LogP contribution in [-0.4, -0.2) is 59.6 Å².